The van der Waals surface area contributed by atoms with Crippen LogP contribution >= 0.6 is 11.3 Å². The lowest BCUT2D eigenvalue weighted by molar-refractivity contribution is 0.0703. The Bertz CT molecular complexity index is 1000. The smallest absolute Gasteiger partial charge is 0.348 e. The highest BCUT2D eigenvalue weighted by Gasteiger charge is 2.27. The van der Waals surface area contributed by atoms with Crippen LogP contribution in [0, 0.1) is 12.7 Å². The van der Waals surface area contributed by atoms with Gasteiger partial charge >= 0.3 is 5.97 Å². The molecule has 3 aromatic rings. The minimum atomic E-state index is -2.51. The lowest BCUT2D eigenvalue weighted by Gasteiger charge is -2.21. The third-order valence-corrected chi connectivity index (χ3v) is 5.61. The number of carboxylic acid groups (broad SMARTS) is 1. The average molecular weight is 391 g/mol. The number of aryl methyl sites for hydroxylation is 1. The second kappa shape index (κ2) is 7.36. The van der Waals surface area contributed by atoms with Crippen LogP contribution in [0.1, 0.15) is 15.2 Å². The van der Waals surface area contributed by atoms with E-state index in [0.717, 1.165) is 15.6 Å². The van der Waals surface area contributed by atoms with Gasteiger partial charge in [-0.1, -0.05) is 36.4 Å². The number of para-hydroxylation sites is 1. The van der Waals surface area contributed by atoms with Crippen LogP contribution in [0.15, 0.2) is 54.6 Å². The van der Waals surface area contributed by atoms with Gasteiger partial charge in [-0.15, -0.1) is 11.3 Å². The monoisotopic (exact) mass is 391 g/mol. The minimum Gasteiger partial charge on any atom is -0.477 e. The van der Waals surface area contributed by atoms with Gasteiger partial charge in [0.25, 0.3) is 11.3 Å². The van der Waals surface area contributed by atoms with Gasteiger partial charge in [0.05, 0.1) is 11.4 Å². The van der Waals surface area contributed by atoms with Crippen LogP contribution in [0.5, 0.6) is 0 Å². The van der Waals surface area contributed by atoms with E-state index in [1.165, 1.54) is 24.3 Å². The summed E-state index contributed by atoms with van der Waals surface area (Å²) in [6.45, 7) is 1.75. The molecule has 0 saturated carbocycles. The molecule has 134 valence electrons. The van der Waals surface area contributed by atoms with Crippen LogP contribution < -0.4 is 4.31 Å². The quantitative estimate of drug-likeness (QED) is 0.611. The number of carbonyl (C=O) groups is 1. The van der Waals surface area contributed by atoms with Crippen molar-refractivity contribution in [2.24, 2.45) is 0 Å². The van der Waals surface area contributed by atoms with Crippen LogP contribution in [0.2, 0.25) is 0 Å². The van der Waals surface area contributed by atoms with Gasteiger partial charge in [-0.05, 0) is 30.7 Å². The summed E-state index contributed by atoms with van der Waals surface area (Å²) < 4.78 is 37.0. The van der Waals surface area contributed by atoms with Crippen LogP contribution in [-0.4, -0.2) is 19.8 Å². The van der Waals surface area contributed by atoms with Crippen LogP contribution in [-0.2, 0) is 11.3 Å². The maximum absolute atomic E-state index is 14.1. The average Bonchev–Trinajstić information content (AvgIpc) is 3.02. The number of anilines is 2. The number of benzene rings is 2. The zero-order valence-corrected chi connectivity index (χ0v) is 15.2. The number of aromatic carboxylic acids is 1. The number of halogens is 1. The van der Waals surface area contributed by atoms with E-state index in [1.54, 1.807) is 37.3 Å². The Morgan fingerprint density at radius 1 is 1.12 bits per heavy atom. The van der Waals surface area contributed by atoms with Gasteiger partial charge in [-0.25, -0.2) is 17.7 Å². The molecule has 0 amide bonds. The van der Waals surface area contributed by atoms with Gasteiger partial charge in [-0.2, -0.15) is 0 Å². The van der Waals surface area contributed by atoms with E-state index < -0.39 is 23.1 Å². The number of rotatable bonds is 5. The summed E-state index contributed by atoms with van der Waals surface area (Å²) in [6.07, 6.45) is 0. The molecular formula is C18H14FNO4S2. The molecule has 2 N–H and O–H groups in total. The maximum Gasteiger partial charge on any atom is 0.348 e. The SMILES string of the molecule is Cc1ccccc1N(c1cc(-c2ccccc2F)sc1C(=O)O)S(=O)O. The van der Waals surface area contributed by atoms with Crippen molar-refractivity contribution in [2.75, 3.05) is 4.31 Å². The first-order valence-corrected chi connectivity index (χ1v) is 9.37. The highest BCUT2D eigenvalue weighted by molar-refractivity contribution is 7.81. The van der Waals surface area contributed by atoms with Crippen LogP contribution in [0.4, 0.5) is 15.8 Å². The molecule has 0 saturated heterocycles. The van der Waals surface area contributed by atoms with Crippen LogP contribution in [0.25, 0.3) is 10.4 Å². The summed E-state index contributed by atoms with van der Waals surface area (Å²) in [7, 11) is 0. The largest absolute Gasteiger partial charge is 0.477 e. The molecule has 0 aliphatic heterocycles. The Hall–Kier alpha value is -2.55. The third-order valence-electron chi connectivity index (χ3n) is 3.76. The zero-order valence-electron chi connectivity index (χ0n) is 13.5. The summed E-state index contributed by atoms with van der Waals surface area (Å²) in [5.41, 5.74) is 1.37. The van der Waals surface area contributed by atoms with E-state index in [-0.39, 0.29) is 16.1 Å². The van der Waals surface area contributed by atoms with Gasteiger partial charge in [0.2, 0.25) is 0 Å². The van der Waals surface area contributed by atoms with E-state index in [2.05, 4.69) is 0 Å². The maximum atomic E-state index is 14.1. The van der Waals surface area contributed by atoms with Gasteiger partial charge in [0.15, 0.2) is 0 Å². The minimum absolute atomic E-state index is 0.0379. The van der Waals surface area contributed by atoms with Gasteiger partial charge in [0, 0.05) is 10.4 Å². The summed E-state index contributed by atoms with van der Waals surface area (Å²) >= 11 is -1.65. The molecule has 0 aliphatic carbocycles. The molecule has 26 heavy (non-hydrogen) atoms. The second-order valence-corrected chi connectivity index (χ2v) is 7.30. The van der Waals surface area contributed by atoms with Crippen LogP contribution in [0.3, 0.4) is 0 Å². The lowest BCUT2D eigenvalue weighted by Crippen LogP contribution is -2.21. The molecule has 0 fully saturated rings. The summed E-state index contributed by atoms with van der Waals surface area (Å²) in [4.78, 5) is 11.9. The fourth-order valence-electron chi connectivity index (χ4n) is 2.57. The molecule has 1 unspecified atom stereocenters. The van der Waals surface area contributed by atoms with Crippen molar-refractivity contribution in [1.29, 1.82) is 0 Å². The first kappa shape index (κ1) is 18.2. The Kier molecular flexibility index (Phi) is 5.17. The molecule has 0 bridgehead atoms. The molecule has 0 aliphatic rings. The number of hydrogen-bond donors (Lipinski definition) is 2. The van der Waals surface area contributed by atoms with Crippen molar-refractivity contribution in [1.82, 2.24) is 0 Å². The molecule has 8 heteroatoms. The van der Waals surface area contributed by atoms with Crippen molar-refractivity contribution >= 4 is 39.9 Å². The summed E-state index contributed by atoms with van der Waals surface area (Å²) in [5, 5.41) is 9.55. The molecule has 5 nitrogen and oxygen atoms in total. The van der Waals surface area contributed by atoms with Gasteiger partial charge in [-0.3, -0.25) is 4.55 Å². The number of hydrogen-bond acceptors (Lipinski definition) is 3. The van der Waals surface area contributed by atoms with E-state index in [1.807, 2.05) is 0 Å². The van der Waals surface area contributed by atoms with E-state index in [0.29, 0.717) is 16.1 Å². The zero-order chi connectivity index (χ0) is 18.8. The van der Waals surface area contributed by atoms with E-state index >= 15 is 0 Å². The number of thiophene rings is 1. The normalized spacial score (nSPS) is 12.0. The van der Waals surface area contributed by atoms with Crippen molar-refractivity contribution in [2.45, 2.75) is 6.92 Å². The highest BCUT2D eigenvalue weighted by atomic mass is 32.2. The first-order chi connectivity index (χ1) is 12.4. The molecule has 2 aromatic carbocycles. The molecule has 0 radical (unpaired) electrons. The summed E-state index contributed by atoms with van der Waals surface area (Å²) in [5.74, 6) is -1.75. The summed E-state index contributed by atoms with van der Waals surface area (Å²) in [6, 6.07) is 14.2. The molecule has 1 aromatic heterocycles. The standard InChI is InChI=1S/C18H14FNO4S2/c1-11-6-2-5-9-14(11)20(26(23)24)15-10-16(25-17(15)18(21)22)12-7-3-4-8-13(12)19/h2-10H,1H3,(H,21,22)(H,23,24). The van der Waals surface area contributed by atoms with E-state index in [9.17, 15) is 23.1 Å². The van der Waals surface area contributed by atoms with Crippen molar-refractivity contribution in [3.63, 3.8) is 0 Å². The van der Waals surface area contributed by atoms with Crippen molar-refractivity contribution in [3.8, 4) is 10.4 Å². The predicted octanol–water partition coefficient (Wildman–Crippen LogP) is 4.84. The predicted molar refractivity (Wildman–Crippen MR) is 101 cm³/mol. The number of nitrogens with zero attached hydrogens (tertiary/aromatic N) is 1. The van der Waals surface area contributed by atoms with E-state index in [4.69, 9.17) is 0 Å². The third kappa shape index (κ3) is 3.39. The Balaban J connectivity index is 2.22. The lowest BCUT2D eigenvalue weighted by atomic mass is 10.1. The molecular weight excluding hydrogens is 377 g/mol. The molecule has 1 atom stereocenters. The fraction of sp³-hybridized carbons (Fsp3) is 0.0556. The molecule has 3 rings (SSSR count). The Morgan fingerprint density at radius 3 is 2.38 bits per heavy atom. The first-order valence-electron chi connectivity index (χ1n) is 7.49. The molecule has 0 spiro atoms. The second-order valence-electron chi connectivity index (χ2n) is 5.42. The fourth-order valence-corrected chi connectivity index (χ4v) is 4.32. The van der Waals surface area contributed by atoms with Gasteiger partial charge in [0.1, 0.15) is 10.7 Å². The Morgan fingerprint density at radius 2 is 1.77 bits per heavy atom. The molecule has 1 heterocycles. The topological polar surface area (TPSA) is 77.8 Å². The van der Waals surface area contributed by atoms with Crippen molar-refractivity contribution < 1.29 is 23.1 Å². The Labute approximate surface area is 155 Å². The van der Waals surface area contributed by atoms with Gasteiger partial charge < -0.3 is 5.11 Å². The highest BCUT2D eigenvalue weighted by Crippen LogP contribution is 2.41. The number of carboxylic acids is 1. The van der Waals surface area contributed by atoms with Crippen molar-refractivity contribution in [3.05, 3.63) is 70.9 Å².